The van der Waals surface area contributed by atoms with Gasteiger partial charge in [0.2, 0.25) is 0 Å². The van der Waals surface area contributed by atoms with Crippen molar-refractivity contribution in [3.8, 4) is 5.75 Å². The van der Waals surface area contributed by atoms with E-state index in [4.69, 9.17) is 4.74 Å². The quantitative estimate of drug-likeness (QED) is 0.839. The summed E-state index contributed by atoms with van der Waals surface area (Å²) in [5, 5.41) is 3.42. The molecule has 0 saturated carbocycles. The van der Waals surface area contributed by atoms with Crippen molar-refractivity contribution in [2.45, 2.75) is 33.9 Å². The molecule has 2 aromatic heterocycles. The van der Waals surface area contributed by atoms with Crippen molar-refractivity contribution in [3.63, 3.8) is 0 Å². The Hall–Kier alpha value is -1.46. The van der Waals surface area contributed by atoms with Crippen LogP contribution < -0.4 is 10.1 Å². The van der Waals surface area contributed by atoms with Gasteiger partial charge in [0.25, 0.3) is 0 Å². The molecule has 1 N–H and O–H groups in total. The Kier molecular flexibility index (Phi) is 5.31. The van der Waals surface area contributed by atoms with Crippen LogP contribution in [0.25, 0.3) is 0 Å². The number of methoxy groups -OCH3 is 1. The highest BCUT2D eigenvalue weighted by molar-refractivity contribution is 9.10. The van der Waals surface area contributed by atoms with Crippen molar-refractivity contribution in [2.75, 3.05) is 7.11 Å². The van der Waals surface area contributed by atoms with Gasteiger partial charge in [-0.15, -0.1) is 0 Å². The average molecular weight is 350 g/mol. The van der Waals surface area contributed by atoms with E-state index in [1.165, 1.54) is 11.1 Å². The number of aromatic nitrogens is 2. The summed E-state index contributed by atoms with van der Waals surface area (Å²) in [6.45, 7) is 7.61. The van der Waals surface area contributed by atoms with Gasteiger partial charge in [0.15, 0.2) is 0 Å². The fourth-order valence-electron chi connectivity index (χ4n) is 2.30. The average Bonchev–Trinajstić information content (AvgIpc) is 2.44. The zero-order valence-electron chi connectivity index (χ0n) is 12.8. The summed E-state index contributed by atoms with van der Waals surface area (Å²) < 4.78 is 6.30. The van der Waals surface area contributed by atoms with Crippen LogP contribution in [0.3, 0.4) is 0 Å². The monoisotopic (exact) mass is 349 g/mol. The maximum absolute atomic E-state index is 5.43. The van der Waals surface area contributed by atoms with E-state index in [1.54, 1.807) is 7.11 Å². The summed E-state index contributed by atoms with van der Waals surface area (Å²) in [7, 11) is 1.70. The molecule has 0 fully saturated rings. The van der Waals surface area contributed by atoms with Gasteiger partial charge in [0, 0.05) is 36.6 Å². The lowest BCUT2D eigenvalue weighted by molar-refractivity contribution is 0.406. The van der Waals surface area contributed by atoms with Crippen molar-refractivity contribution in [1.29, 1.82) is 0 Å². The number of nitrogens with zero attached hydrogens (tertiary/aromatic N) is 2. The topological polar surface area (TPSA) is 47.0 Å². The van der Waals surface area contributed by atoms with Gasteiger partial charge in [-0.25, -0.2) is 4.98 Å². The predicted octanol–water partition coefficient (Wildman–Crippen LogP) is 3.46. The summed E-state index contributed by atoms with van der Waals surface area (Å²) >= 11 is 3.38. The Morgan fingerprint density at radius 1 is 1.10 bits per heavy atom. The van der Waals surface area contributed by atoms with Crippen molar-refractivity contribution < 1.29 is 4.74 Å². The molecule has 0 saturated heterocycles. The molecule has 0 atom stereocenters. The smallest absolute Gasteiger partial charge is 0.128 e. The molecule has 0 spiro atoms. The Labute approximate surface area is 134 Å². The molecule has 0 aliphatic heterocycles. The van der Waals surface area contributed by atoms with Crippen LogP contribution in [0.1, 0.15) is 27.9 Å². The molecule has 0 amide bonds. The highest BCUT2D eigenvalue weighted by Crippen LogP contribution is 2.23. The van der Waals surface area contributed by atoms with E-state index in [-0.39, 0.29) is 0 Å². The maximum atomic E-state index is 5.43. The lowest BCUT2D eigenvalue weighted by atomic mass is 10.1. The van der Waals surface area contributed by atoms with E-state index >= 15 is 0 Å². The van der Waals surface area contributed by atoms with Crippen molar-refractivity contribution in [1.82, 2.24) is 15.3 Å². The zero-order chi connectivity index (χ0) is 15.4. The van der Waals surface area contributed by atoms with Gasteiger partial charge in [-0.3, -0.25) is 4.98 Å². The van der Waals surface area contributed by atoms with E-state index in [0.717, 1.165) is 33.7 Å². The van der Waals surface area contributed by atoms with Gasteiger partial charge >= 0.3 is 0 Å². The van der Waals surface area contributed by atoms with E-state index < -0.39 is 0 Å². The summed E-state index contributed by atoms with van der Waals surface area (Å²) in [5.74, 6) is 0.920. The summed E-state index contributed by atoms with van der Waals surface area (Å²) in [6.07, 6.45) is 3.75. The van der Waals surface area contributed by atoms with Crippen LogP contribution in [0.4, 0.5) is 0 Å². The predicted molar refractivity (Wildman–Crippen MR) is 87.5 cm³/mol. The van der Waals surface area contributed by atoms with Gasteiger partial charge in [-0.05, 0) is 53.9 Å². The molecule has 0 aliphatic rings. The molecule has 0 unspecified atom stereocenters. The number of pyridine rings is 2. The van der Waals surface area contributed by atoms with Crippen molar-refractivity contribution in [3.05, 3.63) is 51.0 Å². The van der Waals surface area contributed by atoms with E-state index in [2.05, 4.69) is 38.1 Å². The molecular weight excluding hydrogens is 330 g/mol. The van der Waals surface area contributed by atoms with Crippen LogP contribution in [-0.4, -0.2) is 17.1 Å². The van der Waals surface area contributed by atoms with Crippen molar-refractivity contribution >= 4 is 15.9 Å². The number of nitrogens with one attached hydrogen (secondary N) is 1. The summed E-state index contributed by atoms with van der Waals surface area (Å²) in [5.41, 5.74) is 5.58. The van der Waals surface area contributed by atoms with Crippen LogP contribution in [0.5, 0.6) is 5.75 Å². The first-order chi connectivity index (χ1) is 10.0. The second kappa shape index (κ2) is 7.00. The molecule has 0 aromatic carbocycles. The van der Waals surface area contributed by atoms with Crippen LogP contribution in [0.2, 0.25) is 0 Å². The van der Waals surface area contributed by atoms with E-state index in [9.17, 15) is 0 Å². The maximum Gasteiger partial charge on any atom is 0.128 e. The van der Waals surface area contributed by atoms with Crippen LogP contribution >= 0.6 is 15.9 Å². The molecular formula is C16H20BrN3O. The van der Waals surface area contributed by atoms with Gasteiger partial charge in [0.1, 0.15) is 10.4 Å². The molecule has 0 aliphatic carbocycles. The van der Waals surface area contributed by atoms with Gasteiger partial charge in [-0.1, -0.05) is 0 Å². The highest BCUT2D eigenvalue weighted by atomic mass is 79.9. The first-order valence-electron chi connectivity index (χ1n) is 6.83. The van der Waals surface area contributed by atoms with Crippen LogP contribution in [-0.2, 0) is 13.1 Å². The molecule has 112 valence electrons. The highest BCUT2D eigenvalue weighted by Gasteiger charge is 2.09. The van der Waals surface area contributed by atoms with E-state index in [0.29, 0.717) is 6.54 Å². The Morgan fingerprint density at radius 3 is 2.52 bits per heavy atom. The second-order valence-electron chi connectivity index (χ2n) is 5.08. The SMILES string of the molecule is COc1c(C)cnc(CNCc2cnc(Br)cc2C)c1C. The fraction of sp³-hybridized carbons (Fsp3) is 0.375. The summed E-state index contributed by atoms with van der Waals surface area (Å²) in [6, 6.07) is 2.02. The van der Waals surface area contributed by atoms with E-state index in [1.807, 2.05) is 32.3 Å². The third-order valence-corrected chi connectivity index (χ3v) is 3.98. The number of ether oxygens (including phenoxy) is 1. The lowest BCUT2D eigenvalue weighted by Crippen LogP contribution is -2.16. The standard InChI is InChI=1S/C16H20BrN3O/c1-10-5-15(17)20-8-13(10)7-18-9-14-12(3)16(21-4)11(2)6-19-14/h5-6,8,18H,7,9H2,1-4H3. The molecule has 2 rings (SSSR count). The third kappa shape index (κ3) is 3.80. The van der Waals surface area contributed by atoms with Gasteiger partial charge < -0.3 is 10.1 Å². The Bertz CT molecular complexity index is 644. The number of hydrogen-bond donors (Lipinski definition) is 1. The lowest BCUT2D eigenvalue weighted by Gasteiger charge is -2.13. The number of hydrogen-bond acceptors (Lipinski definition) is 4. The van der Waals surface area contributed by atoms with Crippen LogP contribution in [0, 0.1) is 20.8 Å². The normalized spacial score (nSPS) is 10.7. The third-order valence-electron chi connectivity index (χ3n) is 3.54. The van der Waals surface area contributed by atoms with Crippen molar-refractivity contribution in [2.24, 2.45) is 0 Å². The fourth-order valence-corrected chi connectivity index (χ4v) is 2.75. The minimum atomic E-state index is 0.706. The molecule has 2 aromatic rings. The van der Waals surface area contributed by atoms with Crippen LogP contribution in [0.15, 0.2) is 23.1 Å². The van der Waals surface area contributed by atoms with Gasteiger partial charge in [-0.2, -0.15) is 0 Å². The minimum absolute atomic E-state index is 0.706. The molecule has 5 heteroatoms. The molecule has 2 heterocycles. The first kappa shape index (κ1) is 15.9. The number of rotatable bonds is 5. The second-order valence-corrected chi connectivity index (χ2v) is 5.90. The number of halogens is 1. The minimum Gasteiger partial charge on any atom is -0.496 e. The Morgan fingerprint density at radius 2 is 1.86 bits per heavy atom. The summed E-state index contributed by atoms with van der Waals surface area (Å²) in [4.78, 5) is 8.75. The number of aryl methyl sites for hydroxylation is 2. The first-order valence-corrected chi connectivity index (χ1v) is 7.63. The zero-order valence-corrected chi connectivity index (χ0v) is 14.4. The Balaban J connectivity index is 2.04. The largest absolute Gasteiger partial charge is 0.496 e. The molecule has 0 radical (unpaired) electrons. The molecule has 4 nitrogen and oxygen atoms in total. The molecule has 0 bridgehead atoms. The van der Waals surface area contributed by atoms with Gasteiger partial charge in [0.05, 0.1) is 12.8 Å². The molecule has 21 heavy (non-hydrogen) atoms.